The Morgan fingerprint density at radius 1 is 1.03 bits per heavy atom. The van der Waals surface area contributed by atoms with Gasteiger partial charge in [-0.3, -0.25) is 25.8 Å². The number of hydrogen-bond donors (Lipinski definition) is 3. The minimum absolute atomic E-state index is 0.0838. The predicted molar refractivity (Wildman–Crippen MR) is 131 cm³/mol. The van der Waals surface area contributed by atoms with Gasteiger partial charge in [0.1, 0.15) is 11.5 Å². The van der Waals surface area contributed by atoms with E-state index in [1.807, 2.05) is 0 Å². The van der Waals surface area contributed by atoms with Crippen molar-refractivity contribution in [3.05, 3.63) is 55.9 Å². The molecule has 0 aliphatic rings. The van der Waals surface area contributed by atoms with Gasteiger partial charge in [-0.05, 0) is 55.0 Å². The summed E-state index contributed by atoms with van der Waals surface area (Å²) in [7, 11) is 0. The molecule has 7 nitrogen and oxygen atoms in total. The number of amides is 2. The molecule has 2 amide bonds. The van der Waals surface area contributed by atoms with Crippen molar-refractivity contribution in [2.24, 2.45) is 0 Å². The standard InChI is InChI=1S/C20H20Br2ClN3O4S/c1-2-3-8-29-16-6-4-12(21)9-14(16)19(28)24-20(31)26-25-18(27)11-30-17-7-5-13(22)10-15(17)23/h4-7,9-10H,2-3,8,11H2,1H3,(H,25,27)(H2,24,26,28,31). The van der Waals surface area contributed by atoms with Gasteiger partial charge in [-0.2, -0.15) is 0 Å². The molecule has 0 spiro atoms. The van der Waals surface area contributed by atoms with E-state index in [2.05, 4.69) is 55.0 Å². The molecule has 0 fully saturated rings. The first-order valence-corrected chi connectivity index (χ1v) is 11.6. The molecule has 0 aliphatic heterocycles. The number of unbranched alkanes of at least 4 members (excludes halogenated alkanes) is 1. The van der Waals surface area contributed by atoms with Crippen LogP contribution in [-0.4, -0.2) is 30.1 Å². The second-order valence-electron chi connectivity index (χ2n) is 6.16. The molecule has 2 aromatic rings. The van der Waals surface area contributed by atoms with Gasteiger partial charge in [0.2, 0.25) is 0 Å². The van der Waals surface area contributed by atoms with Gasteiger partial charge in [0.05, 0.1) is 17.2 Å². The van der Waals surface area contributed by atoms with Crippen LogP contribution in [0.25, 0.3) is 0 Å². The van der Waals surface area contributed by atoms with Crippen LogP contribution in [0, 0.1) is 0 Å². The Kier molecular flexibility index (Phi) is 10.5. The summed E-state index contributed by atoms with van der Waals surface area (Å²) in [5.74, 6) is -0.180. The summed E-state index contributed by atoms with van der Waals surface area (Å²) in [4.78, 5) is 24.5. The van der Waals surface area contributed by atoms with Crippen LogP contribution in [0.5, 0.6) is 11.5 Å². The second kappa shape index (κ2) is 12.8. The molecule has 2 aromatic carbocycles. The third-order valence-corrected chi connectivity index (χ3v) is 5.22. The number of hydrogen-bond acceptors (Lipinski definition) is 5. The van der Waals surface area contributed by atoms with Gasteiger partial charge in [-0.1, -0.05) is 56.8 Å². The Hall–Kier alpha value is -1.88. The molecule has 2 rings (SSSR count). The minimum Gasteiger partial charge on any atom is -0.493 e. The van der Waals surface area contributed by atoms with Crippen LogP contribution in [0.2, 0.25) is 5.02 Å². The monoisotopic (exact) mass is 591 g/mol. The van der Waals surface area contributed by atoms with Crippen LogP contribution in [0.3, 0.4) is 0 Å². The van der Waals surface area contributed by atoms with Crippen LogP contribution in [0.1, 0.15) is 30.1 Å². The van der Waals surface area contributed by atoms with E-state index in [0.717, 1.165) is 21.8 Å². The van der Waals surface area contributed by atoms with Gasteiger partial charge in [0.25, 0.3) is 11.8 Å². The fourth-order valence-corrected chi connectivity index (χ4v) is 3.46. The maximum Gasteiger partial charge on any atom is 0.276 e. The van der Waals surface area contributed by atoms with Crippen molar-refractivity contribution in [1.82, 2.24) is 16.2 Å². The molecule has 0 aliphatic carbocycles. The molecule has 0 radical (unpaired) electrons. The number of carbonyl (C=O) groups excluding carboxylic acids is 2. The summed E-state index contributed by atoms with van der Waals surface area (Å²) >= 11 is 17.7. The summed E-state index contributed by atoms with van der Waals surface area (Å²) in [6, 6.07) is 10.2. The summed E-state index contributed by atoms with van der Waals surface area (Å²) in [6.07, 6.45) is 1.85. The SMILES string of the molecule is CCCCOc1ccc(Br)cc1C(=O)NC(=S)NNC(=O)COc1ccc(Br)cc1Cl. The summed E-state index contributed by atoms with van der Waals surface area (Å²) < 4.78 is 12.5. The quantitative estimate of drug-likeness (QED) is 0.233. The van der Waals surface area contributed by atoms with Crippen LogP contribution < -0.4 is 25.6 Å². The van der Waals surface area contributed by atoms with Gasteiger partial charge in [0, 0.05) is 8.95 Å². The number of nitrogens with one attached hydrogen (secondary N) is 3. The highest BCUT2D eigenvalue weighted by atomic mass is 79.9. The van der Waals surface area contributed by atoms with Crippen molar-refractivity contribution < 1.29 is 19.1 Å². The van der Waals surface area contributed by atoms with Gasteiger partial charge in [-0.25, -0.2) is 0 Å². The van der Waals surface area contributed by atoms with Crippen molar-refractivity contribution in [2.45, 2.75) is 19.8 Å². The fraction of sp³-hybridized carbons (Fsp3) is 0.250. The number of benzene rings is 2. The number of thiocarbonyl (C=S) groups is 1. The lowest BCUT2D eigenvalue weighted by atomic mass is 10.2. The lowest BCUT2D eigenvalue weighted by Crippen LogP contribution is -2.49. The molecule has 11 heteroatoms. The van der Waals surface area contributed by atoms with Crippen LogP contribution in [-0.2, 0) is 4.79 Å². The number of rotatable bonds is 8. The average molecular weight is 594 g/mol. The van der Waals surface area contributed by atoms with Crippen molar-refractivity contribution in [1.29, 1.82) is 0 Å². The number of carbonyl (C=O) groups is 2. The Bertz CT molecular complexity index is 962. The molecule has 31 heavy (non-hydrogen) atoms. The third kappa shape index (κ3) is 8.64. The topological polar surface area (TPSA) is 88.7 Å². The molecule has 3 N–H and O–H groups in total. The maximum atomic E-state index is 12.6. The largest absolute Gasteiger partial charge is 0.493 e. The first-order chi connectivity index (χ1) is 14.8. The van der Waals surface area contributed by atoms with Gasteiger partial charge in [0.15, 0.2) is 11.7 Å². The Labute approximate surface area is 207 Å². The minimum atomic E-state index is -0.512. The number of halogens is 3. The molecule has 0 bridgehead atoms. The van der Waals surface area contributed by atoms with Gasteiger partial charge >= 0.3 is 0 Å². The van der Waals surface area contributed by atoms with E-state index in [1.54, 1.807) is 36.4 Å². The lowest BCUT2D eigenvalue weighted by Gasteiger charge is -2.14. The summed E-state index contributed by atoms with van der Waals surface area (Å²) in [5, 5.41) is 2.78. The van der Waals surface area contributed by atoms with Crippen molar-refractivity contribution in [3.63, 3.8) is 0 Å². The van der Waals surface area contributed by atoms with Crippen LogP contribution in [0.15, 0.2) is 45.3 Å². The molecular formula is C20H20Br2ClN3O4S. The molecule has 0 atom stereocenters. The highest BCUT2D eigenvalue weighted by Gasteiger charge is 2.15. The van der Waals surface area contributed by atoms with Crippen LogP contribution in [0.4, 0.5) is 0 Å². The highest BCUT2D eigenvalue weighted by molar-refractivity contribution is 9.10. The van der Waals surface area contributed by atoms with Gasteiger partial charge < -0.3 is 9.47 Å². The van der Waals surface area contributed by atoms with E-state index in [9.17, 15) is 9.59 Å². The Balaban J connectivity index is 1.84. The van der Waals surface area contributed by atoms with E-state index >= 15 is 0 Å². The Morgan fingerprint density at radius 3 is 2.39 bits per heavy atom. The second-order valence-corrected chi connectivity index (χ2v) is 8.81. The van der Waals surface area contributed by atoms with E-state index < -0.39 is 11.8 Å². The molecule has 0 aromatic heterocycles. The maximum absolute atomic E-state index is 12.6. The third-order valence-electron chi connectivity index (χ3n) is 3.74. The fourth-order valence-electron chi connectivity index (χ4n) is 2.23. The molecule has 0 saturated carbocycles. The normalized spacial score (nSPS) is 10.2. The first-order valence-electron chi connectivity index (χ1n) is 9.20. The van der Waals surface area contributed by atoms with E-state index in [4.69, 9.17) is 33.3 Å². The first kappa shape index (κ1) is 25.4. The zero-order valence-electron chi connectivity index (χ0n) is 16.5. The molecule has 0 unspecified atom stereocenters. The van der Waals surface area contributed by atoms with Crippen molar-refractivity contribution in [3.8, 4) is 11.5 Å². The average Bonchev–Trinajstić information content (AvgIpc) is 2.72. The van der Waals surface area contributed by atoms with Crippen molar-refractivity contribution >= 4 is 72.6 Å². The molecule has 166 valence electrons. The van der Waals surface area contributed by atoms with Gasteiger partial charge in [-0.15, -0.1) is 0 Å². The van der Waals surface area contributed by atoms with E-state index in [1.165, 1.54) is 0 Å². The molecule has 0 heterocycles. The highest BCUT2D eigenvalue weighted by Crippen LogP contribution is 2.27. The molecular weight excluding hydrogens is 574 g/mol. The number of hydrazine groups is 1. The van der Waals surface area contributed by atoms with Crippen molar-refractivity contribution in [2.75, 3.05) is 13.2 Å². The number of ether oxygens (including phenoxy) is 2. The smallest absolute Gasteiger partial charge is 0.276 e. The summed E-state index contributed by atoms with van der Waals surface area (Å²) in [6.45, 7) is 2.25. The predicted octanol–water partition coefficient (Wildman–Crippen LogP) is 4.76. The zero-order valence-corrected chi connectivity index (χ0v) is 21.2. The van der Waals surface area contributed by atoms with E-state index in [0.29, 0.717) is 28.7 Å². The molecule has 0 saturated heterocycles. The summed E-state index contributed by atoms with van der Waals surface area (Å²) in [5.41, 5.74) is 5.12. The van der Waals surface area contributed by atoms with E-state index in [-0.39, 0.29) is 11.7 Å². The lowest BCUT2D eigenvalue weighted by molar-refractivity contribution is -0.123. The Morgan fingerprint density at radius 2 is 1.71 bits per heavy atom. The zero-order chi connectivity index (χ0) is 22.8. The van der Waals surface area contributed by atoms with Crippen LogP contribution >= 0.6 is 55.7 Å².